The first-order valence-corrected chi connectivity index (χ1v) is 30.4. The highest BCUT2D eigenvalue weighted by Gasteiger charge is 2.27. The van der Waals surface area contributed by atoms with Gasteiger partial charge in [0.1, 0.15) is 19.3 Å². The second-order valence-electron chi connectivity index (χ2n) is 20.5. The Hall–Kier alpha value is -2.81. The Balaban J connectivity index is 5.49. The average molecular weight is 1010 g/mol. The van der Waals surface area contributed by atoms with Gasteiger partial charge < -0.3 is 28.5 Å². The van der Waals surface area contributed by atoms with Crippen molar-refractivity contribution < 1.29 is 37.3 Å². The van der Waals surface area contributed by atoms with E-state index in [0.717, 1.165) is 89.9 Å². The van der Waals surface area contributed by atoms with Gasteiger partial charge in [0.2, 0.25) is 5.91 Å². The Morgan fingerprint density at radius 2 is 0.915 bits per heavy atom. The minimum atomic E-state index is -4.71. The lowest BCUT2D eigenvalue weighted by Gasteiger charge is -2.30. The highest BCUT2D eigenvalue weighted by atomic mass is 31.2. The molecule has 0 saturated heterocycles. The first-order chi connectivity index (χ1) is 34.4. The number of amides is 1. The van der Waals surface area contributed by atoms with E-state index >= 15 is 0 Å². The molecule has 0 bridgehead atoms. The molecule has 0 aromatic heterocycles. The van der Waals surface area contributed by atoms with Gasteiger partial charge in [-0.15, -0.1) is 0 Å². The third-order valence-corrected chi connectivity index (χ3v) is 13.3. The Morgan fingerprint density at radius 3 is 1.42 bits per heavy atom. The van der Waals surface area contributed by atoms with Crippen molar-refractivity contribution in [2.45, 2.75) is 251 Å². The molecule has 0 spiro atoms. The molecule has 0 rings (SSSR count). The SMILES string of the molecule is CCCCC/C=C\C/C=C\C/C=C\C/C=C\CCCC(=O)OC(/C=C/CCCCCCCCCCCCC)C(COP(=O)([O-])OCC[N+](C)(C)C)NC(=O)CCCCCCCC/C=C/C=C/CCCCC. The van der Waals surface area contributed by atoms with Gasteiger partial charge in [0, 0.05) is 12.8 Å². The molecule has 0 aliphatic carbocycles. The first-order valence-electron chi connectivity index (χ1n) is 28.9. The summed E-state index contributed by atoms with van der Waals surface area (Å²) in [6.45, 7) is 6.73. The number of likely N-dealkylation sites (N-methyl/N-ethyl adjacent to an activating group) is 1. The molecule has 9 nitrogen and oxygen atoms in total. The average Bonchev–Trinajstić information content (AvgIpc) is 3.33. The predicted molar refractivity (Wildman–Crippen MR) is 302 cm³/mol. The van der Waals surface area contributed by atoms with Gasteiger partial charge >= 0.3 is 5.97 Å². The Bertz CT molecular complexity index is 1490. The largest absolute Gasteiger partial charge is 0.756 e. The lowest BCUT2D eigenvalue weighted by molar-refractivity contribution is -0.870. The zero-order valence-electron chi connectivity index (χ0n) is 46.7. The Labute approximate surface area is 437 Å². The summed E-state index contributed by atoms with van der Waals surface area (Å²) in [5.74, 6) is -0.623. The second kappa shape index (κ2) is 50.7. The van der Waals surface area contributed by atoms with Gasteiger partial charge in [-0.2, -0.15) is 0 Å². The molecule has 10 heteroatoms. The number of hydrogen-bond acceptors (Lipinski definition) is 7. The molecule has 0 aromatic carbocycles. The van der Waals surface area contributed by atoms with Crippen LogP contribution in [0.5, 0.6) is 0 Å². The fourth-order valence-electron chi connectivity index (χ4n) is 7.80. The second-order valence-corrected chi connectivity index (χ2v) is 21.9. The van der Waals surface area contributed by atoms with E-state index in [0.29, 0.717) is 23.9 Å². The van der Waals surface area contributed by atoms with E-state index in [1.165, 1.54) is 103 Å². The van der Waals surface area contributed by atoms with Crippen molar-refractivity contribution in [2.24, 2.45) is 0 Å². The standard InChI is InChI=1S/C61H109N2O7P/c1-7-10-13-16-19-22-25-28-30-31-33-36-39-42-45-48-51-54-61(65)70-59(52-49-46-43-40-37-34-27-24-21-18-15-12-9-3)58(57-69-71(66,67)68-56-55-63(4,5)6)62-60(64)53-50-47-44-41-38-35-32-29-26-23-20-17-14-11-8-2/h19-20,22-23,26,28-30,33,36,42,45,49,52,58-59H,7-18,21,24-25,27,31-32,34-35,37-41,43-44,46-48,50-51,53-57H2,1-6H3,(H-,62,64,66,67)/b22-19-,23-20+,29-26+,30-28-,36-33-,45-42-,52-49+. The van der Waals surface area contributed by atoms with Crippen LogP contribution in [0.3, 0.4) is 0 Å². The van der Waals surface area contributed by atoms with Crippen molar-refractivity contribution in [1.29, 1.82) is 0 Å². The number of hydrogen-bond donors (Lipinski definition) is 1. The van der Waals surface area contributed by atoms with E-state index in [-0.39, 0.29) is 25.4 Å². The molecule has 0 fully saturated rings. The van der Waals surface area contributed by atoms with Gasteiger partial charge in [0.05, 0.1) is 33.8 Å². The monoisotopic (exact) mass is 1010 g/mol. The molecule has 3 atom stereocenters. The van der Waals surface area contributed by atoms with Crippen molar-refractivity contribution >= 4 is 19.7 Å². The smallest absolute Gasteiger partial charge is 0.306 e. The summed E-state index contributed by atoms with van der Waals surface area (Å²) in [6.07, 6.45) is 65.5. The lowest BCUT2D eigenvalue weighted by atomic mass is 10.0. The number of carbonyl (C=O) groups is 2. The van der Waals surface area contributed by atoms with Crippen LogP contribution in [0, 0.1) is 0 Å². The highest BCUT2D eigenvalue weighted by Crippen LogP contribution is 2.38. The first kappa shape index (κ1) is 68.2. The molecule has 3 unspecified atom stereocenters. The quantitative estimate of drug-likeness (QED) is 0.0161. The Kier molecular flexibility index (Phi) is 48.7. The maximum Gasteiger partial charge on any atom is 0.306 e. The van der Waals surface area contributed by atoms with E-state index in [9.17, 15) is 19.0 Å². The summed E-state index contributed by atoms with van der Waals surface area (Å²) in [5, 5.41) is 3.00. The summed E-state index contributed by atoms with van der Waals surface area (Å²) in [6, 6.07) is -0.919. The number of carbonyl (C=O) groups excluding carboxylic acids is 2. The molecule has 71 heavy (non-hydrogen) atoms. The maximum atomic E-state index is 13.5. The van der Waals surface area contributed by atoms with Crippen LogP contribution >= 0.6 is 7.82 Å². The maximum absolute atomic E-state index is 13.5. The van der Waals surface area contributed by atoms with Crippen LogP contribution in [0.15, 0.2) is 85.1 Å². The van der Waals surface area contributed by atoms with Crippen LogP contribution in [-0.4, -0.2) is 69.4 Å². The van der Waals surface area contributed by atoms with Crippen LogP contribution in [0.4, 0.5) is 0 Å². The summed E-state index contributed by atoms with van der Waals surface area (Å²) in [5.41, 5.74) is 0. The molecule has 1 N–H and O–H groups in total. The van der Waals surface area contributed by atoms with Gasteiger partial charge in [0.15, 0.2) is 0 Å². The summed E-state index contributed by atoms with van der Waals surface area (Å²) in [7, 11) is 1.14. The number of ether oxygens (including phenoxy) is 1. The van der Waals surface area contributed by atoms with Crippen molar-refractivity contribution in [2.75, 3.05) is 40.9 Å². The molecule has 410 valence electrons. The van der Waals surface area contributed by atoms with Crippen LogP contribution < -0.4 is 10.2 Å². The van der Waals surface area contributed by atoms with Crippen molar-refractivity contribution in [3.63, 3.8) is 0 Å². The number of nitrogens with one attached hydrogen (secondary N) is 1. The summed E-state index contributed by atoms with van der Waals surface area (Å²) < 4.78 is 30.2. The molecular weight excluding hydrogens is 904 g/mol. The van der Waals surface area contributed by atoms with E-state index < -0.39 is 32.5 Å². The lowest BCUT2D eigenvalue weighted by Crippen LogP contribution is -2.47. The molecule has 0 heterocycles. The zero-order chi connectivity index (χ0) is 52.2. The molecule has 1 amide bonds. The molecule has 0 saturated carbocycles. The number of quaternary nitrogens is 1. The van der Waals surface area contributed by atoms with Crippen LogP contribution in [0.1, 0.15) is 239 Å². The zero-order valence-corrected chi connectivity index (χ0v) is 47.5. The van der Waals surface area contributed by atoms with E-state index in [4.69, 9.17) is 13.8 Å². The normalized spacial score (nSPS) is 14.4. The highest BCUT2D eigenvalue weighted by molar-refractivity contribution is 7.45. The van der Waals surface area contributed by atoms with Gasteiger partial charge in [0.25, 0.3) is 7.82 Å². The van der Waals surface area contributed by atoms with Crippen LogP contribution in [0.2, 0.25) is 0 Å². The Morgan fingerprint density at radius 1 is 0.507 bits per heavy atom. The van der Waals surface area contributed by atoms with E-state index in [2.05, 4.69) is 99.0 Å². The number of phosphoric acid groups is 1. The van der Waals surface area contributed by atoms with E-state index in [1.54, 1.807) is 0 Å². The third-order valence-electron chi connectivity index (χ3n) is 12.3. The molecule has 0 aromatic rings. The predicted octanol–water partition coefficient (Wildman–Crippen LogP) is 16.8. The molecule has 0 radical (unpaired) electrons. The molecular formula is C61H109N2O7P. The fraction of sp³-hybridized carbons (Fsp3) is 0.738. The summed E-state index contributed by atoms with van der Waals surface area (Å²) in [4.78, 5) is 39.8. The van der Waals surface area contributed by atoms with Gasteiger partial charge in [-0.3, -0.25) is 14.2 Å². The molecule has 0 aliphatic heterocycles. The number of phosphoric ester groups is 1. The fourth-order valence-corrected chi connectivity index (χ4v) is 8.52. The van der Waals surface area contributed by atoms with Crippen LogP contribution in [0.25, 0.3) is 0 Å². The number of allylic oxidation sites excluding steroid dienone is 13. The van der Waals surface area contributed by atoms with Crippen molar-refractivity contribution in [3.05, 3.63) is 85.1 Å². The number of unbranched alkanes of at least 4 members (excludes halogenated alkanes) is 24. The summed E-state index contributed by atoms with van der Waals surface area (Å²) >= 11 is 0. The minimum Gasteiger partial charge on any atom is -0.756 e. The number of rotatable bonds is 51. The number of nitrogens with zero attached hydrogens (tertiary/aromatic N) is 1. The third kappa shape index (κ3) is 51.9. The number of esters is 1. The minimum absolute atomic E-state index is 0.0365. The van der Waals surface area contributed by atoms with Crippen molar-refractivity contribution in [1.82, 2.24) is 5.32 Å². The topological polar surface area (TPSA) is 114 Å². The van der Waals surface area contributed by atoms with E-state index in [1.807, 2.05) is 33.3 Å². The van der Waals surface area contributed by atoms with Gasteiger partial charge in [-0.25, -0.2) is 0 Å². The van der Waals surface area contributed by atoms with Crippen LogP contribution in [-0.2, 0) is 27.9 Å². The van der Waals surface area contributed by atoms with Gasteiger partial charge in [-0.05, 0) is 96.0 Å². The molecule has 0 aliphatic rings. The van der Waals surface area contributed by atoms with Gasteiger partial charge in [-0.1, -0.05) is 215 Å². The van der Waals surface area contributed by atoms with Crippen molar-refractivity contribution in [3.8, 4) is 0 Å².